The highest BCUT2D eigenvalue weighted by Crippen LogP contribution is 2.37. The third-order valence-electron chi connectivity index (χ3n) is 3.63. The fraction of sp³-hybridized carbons (Fsp3) is 0.158. The van der Waals surface area contributed by atoms with Gasteiger partial charge in [0.1, 0.15) is 11.0 Å². The maximum Gasteiger partial charge on any atom is 0.257 e. The van der Waals surface area contributed by atoms with Crippen molar-refractivity contribution in [2.45, 2.75) is 24.3 Å². The minimum absolute atomic E-state index is 0.0512. The normalized spacial score (nSPS) is 12.1. The lowest BCUT2D eigenvalue weighted by atomic mass is 10.0. The summed E-state index contributed by atoms with van der Waals surface area (Å²) < 4.78 is 5.65. The van der Waals surface area contributed by atoms with E-state index >= 15 is 0 Å². The molecule has 0 spiro atoms. The Labute approximate surface area is 139 Å². The van der Waals surface area contributed by atoms with Crippen LogP contribution in [0.25, 0.3) is 0 Å². The molecule has 116 valence electrons. The Bertz CT molecular complexity index is 777. The molecule has 4 heteroatoms. The van der Waals surface area contributed by atoms with Gasteiger partial charge in [0, 0.05) is 5.56 Å². The van der Waals surface area contributed by atoms with Crippen LogP contribution < -0.4 is 0 Å². The zero-order chi connectivity index (χ0) is 16.2. The van der Waals surface area contributed by atoms with Crippen molar-refractivity contribution in [3.8, 4) is 0 Å². The third-order valence-corrected chi connectivity index (χ3v) is 4.72. The summed E-state index contributed by atoms with van der Waals surface area (Å²) in [4.78, 5) is 17.3. The number of nitrogens with zero attached hydrogens (tertiary/aromatic N) is 1. The summed E-state index contributed by atoms with van der Waals surface area (Å²) in [7, 11) is 0. The van der Waals surface area contributed by atoms with Crippen LogP contribution in [0.15, 0.2) is 70.3 Å². The van der Waals surface area contributed by atoms with Gasteiger partial charge in [-0.25, -0.2) is 4.98 Å². The maximum atomic E-state index is 13.0. The lowest BCUT2D eigenvalue weighted by molar-refractivity contribution is 0.0989. The molecule has 0 aliphatic rings. The first-order valence-corrected chi connectivity index (χ1v) is 8.28. The van der Waals surface area contributed by atoms with E-state index in [4.69, 9.17) is 4.42 Å². The number of hydrogen-bond acceptors (Lipinski definition) is 4. The Morgan fingerprint density at radius 1 is 1.00 bits per heavy atom. The molecule has 1 atom stereocenters. The van der Waals surface area contributed by atoms with Gasteiger partial charge >= 0.3 is 0 Å². The molecule has 0 radical (unpaired) electrons. The largest absolute Gasteiger partial charge is 0.437 e. The fourth-order valence-electron chi connectivity index (χ4n) is 2.25. The smallest absolute Gasteiger partial charge is 0.257 e. The zero-order valence-electron chi connectivity index (χ0n) is 13.0. The number of rotatable bonds is 5. The van der Waals surface area contributed by atoms with Gasteiger partial charge in [-0.2, -0.15) is 0 Å². The summed E-state index contributed by atoms with van der Waals surface area (Å²) in [5.74, 6) is 0.835. The minimum atomic E-state index is -0.379. The van der Waals surface area contributed by atoms with E-state index in [0.717, 1.165) is 17.0 Å². The molecule has 1 heterocycles. The summed E-state index contributed by atoms with van der Waals surface area (Å²) in [5.41, 5.74) is 2.49. The van der Waals surface area contributed by atoms with Gasteiger partial charge in [-0.05, 0) is 19.4 Å². The standard InChI is InChI=1S/C19H17NO2S/c1-13-14(2)22-19(20-13)23-18(16-11-7-4-8-12-16)17(21)15-9-5-3-6-10-15/h3-12,18H,1-2H3. The van der Waals surface area contributed by atoms with Crippen LogP contribution in [0.5, 0.6) is 0 Å². The van der Waals surface area contributed by atoms with Crippen LogP contribution in [0.3, 0.4) is 0 Å². The predicted molar refractivity (Wildman–Crippen MR) is 91.8 cm³/mol. The van der Waals surface area contributed by atoms with Crippen molar-refractivity contribution in [1.29, 1.82) is 0 Å². The van der Waals surface area contributed by atoms with E-state index in [1.165, 1.54) is 11.8 Å². The molecule has 2 aromatic carbocycles. The maximum absolute atomic E-state index is 13.0. The topological polar surface area (TPSA) is 43.1 Å². The van der Waals surface area contributed by atoms with Gasteiger partial charge in [-0.15, -0.1) is 0 Å². The highest BCUT2D eigenvalue weighted by atomic mass is 32.2. The van der Waals surface area contributed by atoms with Crippen molar-refractivity contribution in [2.75, 3.05) is 0 Å². The van der Waals surface area contributed by atoms with Crippen LogP contribution in [-0.4, -0.2) is 10.8 Å². The molecule has 0 aliphatic carbocycles. The predicted octanol–water partition coefficient (Wildman–Crippen LogP) is 5.01. The SMILES string of the molecule is Cc1nc(SC(C(=O)c2ccccc2)c2ccccc2)oc1C. The monoisotopic (exact) mass is 323 g/mol. The molecule has 0 bridgehead atoms. The summed E-state index contributed by atoms with van der Waals surface area (Å²) >= 11 is 1.35. The number of benzene rings is 2. The molecule has 0 saturated heterocycles. The van der Waals surface area contributed by atoms with E-state index in [-0.39, 0.29) is 11.0 Å². The Kier molecular flexibility index (Phi) is 4.63. The van der Waals surface area contributed by atoms with Crippen molar-refractivity contribution in [2.24, 2.45) is 0 Å². The first-order valence-electron chi connectivity index (χ1n) is 7.40. The van der Waals surface area contributed by atoms with E-state index in [9.17, 15) is 4.79 Å². The van der Waals surface area contributed by atoms with Gasteiger partial charge < -0.3 is 4.42 Å². The summed E-state index contributed by atoms with van der Waals surface area (Å²) in [5, 5.41) is 0.147. The summed E-state index contributed by atoms with van der Waals surface area (Å²) in [6.45, 7) is 3.78. The number of ketones is 1. The van der Waals surface area contributed by atoms with Crippen molar-refractivity contribution in [3.05, 3.63) is 83.2 Å². The summed E-state index contributed by atoms with van der Waals surface area (Å²) in [6.07, 6.45) is 0. The molecule has 1 unspecified atom stereocenters. The van der Waals surface area contributed by atoms with Gasteiger partial charge in [0.25, 0.3) is 5.22 Å². The van der Waals surface area contributed by atoms with Crippen molar-refractivity contribution in [1.82, 2.24) is 4.98 Å². The number of hydrogen-bond donors (Lipinski definition) is 0. The van der Waals surface area contributed by atoms with Crippen molar-refractivity contribution >= 4 is 17.5 Å². The second kappa shape index (κ2) is 6.84. The number of aromatic nitrogens is 1. The molecular weight excluding hydrogens is 306 g/mol. The number of aryl methyl sites for hydroxylation is 2. The third kappa shape index (κ3) is 3.54. The highest BCUT2D eigenvalue weighted by Gasteiger charge is 2.25. The average Bonchev–Trinajstić information content (AvgIpc) is 2.91. The molecule has 3 rings (SSSR count). The van der Waals surface area contributed by atoms with Crippen LogP contribution in [-0.2, 0) is 0 Å². The lowest BCUT2D eigenvalue weighted by Crippen LogP contribution is -2.10. The van der Waals surface area contributed by atoms with E-state index in [2.05, 4.69) is 4.98 Å². The van der Waals surface area contributed by atoms with Crippen LogP contribution in [0.4, 0.5) is 0 Å². The molecule has 3 aromatic rings. The van der Waals surface area contributed by atoms with Crippen LogP contribution in [0.2, 0.25) is 0 Å². The Hall–Kier alpha value is -2.33. The summed E-state index contributed by atoms with van der Waals surface area (Å²) in [6, 6.07) is 19.1. The molecule has 3 nitrogen and oxygen atoms in total. The zero-order valence-corrected chi connectivity index (χ0v) is 13.8. The van der Waals surface area contributed by atoms with Crippen LogP contribution in [0.1, 0.15) is 32.6 Å². The van der Waals surface area contributed by atoms with Gasteiger partial charge in [-0.1, -0.05) is 72.4 Å². The van der Waals surface area contributed by atoms with Crippen molar-refractivity contribution < 1.29 is 9.21 Å². The Morgan fingerprint density at radius 3 is 2.17 bits per heavy atom. The van der Waals surface area contributed by atoms with Crippen LogP contribution in [0, 0.1) is 13.8 Å². The Morgan fingerprint density at radius 2 is 1.61 bits per heavy atom. The minimum Gasteiger partial charge on any atom is -0.437 e. The molecule has 23 heavy (non-hydrogen) atoms. The molecule has 0 fully saturated rings. The van der Waals surface area contributed by atoms with E-state index in [1.54, 1.807) is 0 Å². The molecule has 0 aliphatic heterocycles. The molecule has 0 saturated carbocycles. The van der Waals surface area contributed by atoms with E-state index in [1.807, 2.05) is 74.5 Å². The first-order chi connectivity index (χ1) is 11.1. The van der Waals surface area contributed by atoms with Gasteiger partial charge in [0.15, 0.2) is 5.78 Å². The highest BCUT2D eigenvalue weighted by molar-refractivity contribution is 8.00. The number of thioether (sulfide) groups is 1. The van der Waals surface area contributed by atoms with Gasteiger partial charge in [0.2, 0.25) is 0 Å². The quantitative estimate of drug-likeness (QED) is 0.489. The number of carbonyl (C=O) groups is 1. The number of oxazole rings is 1. The fourth-order valence-corrected chi connectivity index (χ4v) is 3.35. The van der Waals surface area contributed by atoms with E-state index < -0.39 is 0 Å². The lowest BCUT2D eigenvalue weighted by Gasteiger charge is -2.14. The first kappa shape index (κ1) is 15.6. The van der Waals surface area contributed by atoms with Gasteiger partial charge in [0.05, 0.1) is 5.69 Å². The van der Waals surface area contributed by atoms with E-state index in [0.29, 0.717) is 10.8 Å². The average molecular weight is 323 g/mol. The van der Waals surface area contributed by atoms with Crippen LogP contribution >= 0.6 is 11.8 Å². The second-order valence-corrected chi connectivity index (χ2v) is 6.32. The second-order valence-electron chi connectivity index (χ2n) is 5.26. The van der Waals surface area contributed by atoms with Gasteiger partial charge in [-0.3, -0.25) is 4.79 Å². The molecule has 0 amide bonds. The van der Waals surface area contributed by atoms with Crippen molar-refractivity contribution in [3.63, 3.8) is 0 Å². The molecular formula is C19H17NO2S. The Balaban J connectivity index is 1.95. The molecule has 0 N–H and O–H groups in total. The number of Topliss-reactive ketones (excluding diaryl/α,β-unsaturated/α-hetero) is 1. The molecule has 1 aromatic heterocycles. The number of carbonyl (C=O) groups excluding carboxylic acids is 1.